The van der Waals surface area contributed by atoms with Gasteiger partial charge in [0, 0.05) is 19.1 Å². The van der Waals surface area contributed by atoms with Crippen molar-refractivity contribution in [1.29, 1.82) is 0 Å². The molecular formula is C20H25NO3. The quantitative estimate of drug-likeness (QED) is 0.509. The summed E-state index contributed by atoms with van der Waals surface area (Å²) in [4.78, 5) is 22.1. The van der Waals surface area contributed by atoms with Crippen molar-refractivity contribution in [2.45, 2.75) is 26.2 Å². The average molecular weight is 327 g/mol. The van der Waals surface area contributed by atoms with Gasteiger partial charge < -0.3 is 10.1 Å². The lowest BCUT2D eigenvalue weighted by atomic mass is 9.89. The van der Waals surface area contributed by atoms with Gasteiger partial charge in [-0.3, -0.25) is 9.59 Å². The van der Waals surface area contributed by atoms with Crippen LogP contribution in [0, 0.1) is 5.92 Å². The number of carbonyl (C=O) groups excluding carboxylic acids is 2. The first kappa shape index (κ1) is 18.1. The van der Waals surface area contributed by atoms with Crippen molar-refractivity contribution in [2.75, 3.05) is 19.8 Å². The van der Waals surface area contributed by atoms with E-state index in [9.17, 15) is 9.59 Å². The maximum absolute atomic E-state index is 12.0. The zero-order valence-electron chi connectivity index (χ0n) is 14.2. The Balaban J connectivity index is 1.89. The standard InChI is InChI=1S/C20H25NO3/c1-16(23)18(9-5-12-24-13-11-21-15-22)14-19-8-4-7-17-6-2-3-10-20(17)19/h2-4,6-8,10,15,18H,5,9,11-14H2,1H3,(H,21,22). The van der Waals surface area contributed by atoms with Crippen molar-refractivity contribution in [3.63, 3.8) is 0 Å². The van der Waals surface area contributed by atoms with E-state index in [0.29, 0.717) is 26.2 Å². The third kappa shape index (κ3) is 5.46. The minimum atomic E-state index is 0.0208. The van der Waals surface area contributed by atoms with Crippen molar-refractivity contribution in [3.05, 3.63) is 48.0 Å². The number of Topliss-reactive ketones (excluding diaryl/α,β-unsaturated/α-hetero) is 1. The number of amides is 1. The first-order valence-electron chi connectivity index (χ1n) is 8.44. The molecule has 0 fully saturated rings. The molecule has 2 rings (SSSR count). The number of ether oxygens (including phenoxy) is 1. The summed E-state index contributed by atoms with van der Waals surface area (Å²) in [5, 5.41) is 4.99. The summed E-state index contributed by atoms with van der Waals surface area (Å²) < 4.78 is 5.45. The maximum Gasteiger partial charge on any atom is 0.207 e. The Kier molecular flexibility index (Phi) is 7.43. The summed E-state index contributed by atoms with van der Waals surface area (Å²) in [5.74, 6) is 0.248. The van der Waals surface area contributed by atoms with Gasteiger partial charge in [-0.15, -0.1) is 0 Å². The van der Waals surface area contributed by atoms with Crippen molar-refractivity contribution < 1.29 is 14.3 Å². The highest BCUT2D eigenvalue weighted by atomic mass is 16.5. The lowest BCUT2D eigenvalue weighted by molar-refractivity contribution is -0.121. The van der Waals surface area contributed by atoms with Gasteiger partial charge in [-0.2, -0.15) is 0 Å². The zero-order chi connectivity index (χ0) is 17.2. The van der Waals surface area contributed by atoms with Crippen LogP contribution in [0.2, 0.25) is 0 Å². The van der Waals surface area contributed by atoms with E-state index in [1.165, 1.54) is 16.3 Å². The molecule has 0 spiro atoms. The van der Waals surface area contributed by atoms with Gasteiger partial charge in [0.1, 0.15) is 5.78 Å². The van der Waals surface area contributed by atoms with E-state index in [0.717, 1.165) is 19.3 Å². The van der Waals surface area contributed by atoms with Crippen LogP contribution in [0.25, 0.3) is 10.8 Å². The Hall–Kier alpha value is -2.20. The summed E-state index contributed by atoms with van der Waals surface area (Å²) >= 11 is 0. The van der Waals surface area contributed by atoms with Gasteiger partial charge in [-0.05, 0) is 42.5 Å². The summed E-state index contributed by atoms with van der Waals surface area (Å²) in [5.41, 5.74) is 1.23. The van der Waals surface area contributed by atoms with E-state index in [1.54, 1.807) is 6.92 Å². The zero-order valence-corrected chi connectivity index (χ0v) is 14.2. The largest absolute Gasteiger partial charge is 0.380 e. The summed E-state index contributed by atoms with van der Waals surface area (Å²) in [7, 11) is 0. The van der Waals surface area contributed by atoms with Gasteiger partial charge in [0.2, 0.25) is 6.41 Å². The lowest BCUT2D eigenvalue weighted by Crippen LogP contribution is -2.18. The molecule has 1 amide bonds. The van der Waals surface area contributed by atoms with Crippen LogP contribution in [0.15, 0.2) is 42.5 Å². The number of nitrogens with one attached hydrogen (secondary N) is 1. The van der Waals surface area contributed by atoms with Crippen LogP contribution in [0.1, 0.15) is 25.3 Å². The minimum absolute atomic E-state index is 0.0208. The molecule has 1 atom stereocenters. The van der Waals surface area contributed by atoms with Crippen LogP contribution in [-0.4, -0.2) is 32.0 Å². The van der Waals surface area contributed by atoms with E-state index in [1.807, 2.05) is 12.1 Å². The molecule has 1 N–H and O–H groups in total. The van der Waals surface area contributed by atoms with Gasteiger partial charge in [0.05, 0.1) is 6.61 Å². The van der Waals surface area contributed by atoms with Crippen molar-refractivity contribution in [3.8, 4) is 0 Å². The summed E-state index contributed by atoms with van der Waals surface area (Å²) in [6.07, 6.45) is 3.10. The molecule has 0 bridgehead atoms. The summed E-state index contributed by atoms with van der Waals surface area (Å²) in [6, 6.07) is 14.6. The fourth-order valence-electron chi connectivity index (χ4n) is 2.91. The number of hydrogen-bond acceptors (Lipinski definition) is 3. The van der Waals surface area contributed by atoms with Crippen LogP contribution in [0.3, 0.4) is 0 Å². The Morgan fingerprint density at radius 2 is 1.96 bits per heavy atom. The second kappa shape index (κ2) is 9.83. The minimum Gasteiger partial charge on any atom is -0.380 e. The van der Waals surface area contributed by atoms with Gasteiger partial charge in [-0.1, -0.05) is 42.5 Å². The normalized spacial score (nSPS) is 12.0. The topological polar surface area (TPSA) is 55.4 Å². The molecule has 0 aliphatic heterocycles. The molecule has 4 nitrogen and oxygen atoms in total. The van der Waals surface area contributed by atoms with Crippen molar-refractivity contribution in [1.82, 2.24) is 5.32 Å². The third-order valence-corrected chi connectivity index (χ3v) is 4.24. The Labute approximate surface area is 143 Å². The molecule has 0 aliphatic rings. The number of fused-ring (bicyclic) bond motifs is 1. The molecule has 0 aromatic heterocycles. The molecule has 0 heterocycles. The van der Waals surface area contributed by atoms with E-state index in [-0.39, 0.29) is 11.7 Å². The van der Waals surface area contributed by atoms with Crippen LogP contribution in [-0.2, 0) is 20.7 Å². The molecule has 0 saturated carbocycles. The first-order valence-corrected chi connectivity index (χ1v) is 8.44. The van der Waals surface area contributed by atoms with E-state index >= 15 is 0 Å². The van der Waals surface area contributed by atoms with Gasteiger partial charge in [-0.25, -0.2) is 0 Å². The molecule has 2 aromatic carbocycles. The molecule has 128 valence electrons. The highest BCUT2D eigenvalue weighted by Gasteiger charge is 2.16. The van der Waals surface area contributed by atoms with Gasteiger partial charge in [0.25, 0.3) is 0 Å². The van der Waals surface area contributed by atoms with Gasteiger partial charge in [0.15, 0.2) is 0 Å². The lowest BCUT2D eigenvalue weighted by Gasteiger charge is -2.15. The molecule has 0 saturated heterocycles. The fourth-order valence-corrected chi connectivity index (χ4v) is 2.91. The Morgan fingerprint density at radius 1 is 1.17 bits per heavy atom. The van der Waals surface area contributed by atoms with E-state index in [4.69, 9.17) is 4.74 Å². The predicted molar refractivity (Wildman–Crippen MR) is 95.9 cm³/mol. The molecule has 0 radical (unpaired) electrons. The van der Waals surface area contributed by atoms with Crippen LogP contribution in [0.4, 0.5) is 0 Å². The monoisotopic (exact) mass is 327 g/mol. The van der Waals surface area contributed by atoms with Crippen LogP contribution >= 0.6 is 0 Å². The van der Waals surface area contributed by atoms with Crippen LogP contribution < -0.4 is 5.32 Å². The number of carbonyl (C=O) groups is 2. The smallest absolute Gasteiger partial charge is 0.207 e. The number of ketones is 1. The molecule has 24 heavy (non-hydrogen) atoms. The molecule has 1 unspecified atom stereocenters. The van der Waals surface area contributed by atoms with Crippen molar-refractivity contribution >= 4 is 23.0 Å². The third-order valence-electron chi connectivity index (χ3n) is 4.24. The molecule has 0 aliphatic carbocycles. The molecule has 2 aromatic rings. The van der Waals surface area contributed by atoms with E-state index < -0.39 is 0 Å². The Morgan fingerprint density at radius 3 is 2.75 bits per heavy atom. The maximum atomic E-state index is 12.0. The Bertz CT molecular complexity index is 663. The number of benzene rings is 2. The molecular weight excluding hydrogens is 302 g/mol. The average Bonchev–Trinajstić information content (AvgIpc) is 2.60. The number of hydrogen-bond donors (Lipinski definition) is 1. The van der Waals surface area contributed by atoms with E-state index in [2.05, 4.69) is 35.6 Å². The van der Waals surface area contributed by atoms with Gasteiger partial charge >= 0.3 is 0 Å². The fraction of sp³-hybridized carbons (Fsp3) is 0.400. The summed E-state index contributed by atoms with van der Waals surface area (Å²) in [6.45, 7) is 3.31. The highest BCUT2D eigenvalue weighted by molar-refractivity contribution is 5.86. The van der Waals surface area contributed by atoms with Crippen molar-refractivity contribution in [2.24, 2.45) is 5.92 Å². The first-order chi connectivity index (χ1) is 11.7. The SMILES string of the molecule is CC(=O)C(CCCOCCNC=O)Cc1cccc2ccccc12. The highest BCUT2D eigenvalue weighted by Crippen LogP contribution is 2.23. The molecule has 4 heteroatoms. The van der Waals surface area contributed by atoms with Crippen LogP contribution in [0.5, 0.6) is 0 Å². The number of rotatable bonds is 11. The second-order valence-electron chi connectivity index (χ2n) is 5.98. The second-order valence-corrected chi connectivity index (χ2v) is 5.98. The predicted octanol–water partition coefficient (Wildman–Crippen LogP) is 3.13.